The van der Waals surface area contributed by atoms with Crippen LogP contribution >= 0.6 is 0 Å². The summed E-state index contributed by atoms with van der Waals surface area (Å²) in [6.45, 7) is 0. The molecule has 3 aromatic carbocycles. The third-order valence-corrected chi connectivity index (χ3v) is 5.39. The number of carbonyl (C=O) groups is 1. The largest absolute Gasteiger partial charge is 0.285 e. The van der Waals surface area contributed by atoms with Gasteiger partial charge >= 0.3 is 0 Å². The first-order valence-corrected chi connectivity index (χ1v) is 9.41. The molecule has 128 valence electrons. The quantitative estimate of drug-likeness (QED) is 0.701. The third-order valence-electron chi connectivity index (χ3n) is 4.06. The number of amides is 1. The van der Waals surface area contributed by atoms with Crippen molar-refractivity contribution in [1.82, 2.24) is 0 Å². The van der Waals surface area contributed by atoms with Crippen LogP contribution in [0, 0.1) is 0 Å². The van der Waals surface area contributed by atoms with E-state index in [0.29, 0.717) is 16.8 Å². The Morgan fingerprint density at radius 2 is 1.35 bits per heavy atom. The van der Waals surface area contributed by atoms with E-state index in [1.165, 1.54) is 11.0 Å². The lowest BCUT2D eigenvalue weighted by molar-refractivity contribution is 0.100. The van der Waals surface area contributed by atoms with Gasteiger partial charge in [0.15, 0.2) is 5.84 Å². The first-order chi connectivity index (χ1) is 12.6. The highest BCUT2D eigenvalue weighted by Crippen LogP contribution is 2.30. The molecule has 26 heavy (non-hydrogen) atoms. The van der Waals surface area contributed by atoms with E-state index in [0.717, 1.165) is 0 Å². The molecule has 0 saturated heterocycles. The van der Waals surface area contributed by atoms with Crippen molar-refractivity contribution in [2.45, 2.75) is 4.90 Å². The number of hydrogen-bond acceptors (Lipinski definition) is 3. The molecule has 0 atom stereocenters. The molecule has 0 bridgehead atoms. The average molecular weight is 362 g/mol. The molecule has 0 fully saturated rings. The second-order valence-electron chi connectivity index (χ2n) is 5.73. The zero-order valence-electron chi connectivity index (χ0n) is 13.6. The van der Waals surface area contributed by atoms with Gasteiger partial charge in [-0.05, 0) is 36.4 Å². The molecule has 0 unspecified atom stereocenters. The van der Waals surface area contributed by atoms with Crippen LogP contribution in [0.25, 0.3) is 0 Å². The lowest BCUT2D eigenvalue weighted by Crippen LogP contribution is -2.37. The van der Waals surface area contributed by atoms with E-state index in [4.69, 9.17) is 0 Å². The summed E-state index contributed by atoms with van der Waals surface area (Å²) in [6.07, 6.45) is 0. The number of benzene rings is 3. The van der Waals surface area contributed by atoms with E-state index in [2.05, 4.69) is 4.40 Å². The summed E-state index contributed by atoms with van der Waals surface area (Å²) < 4.78 is 28.8. The van der Waals surface area contributed by atoms with E-state index in [9.17, 15) is 13.2 Å². The summed E-state index contributed by atoms with van der Waals surface area (Å²) in [5.74, 6) is -0.233. The van der Waals surface area contributed by atoms with E-state index in [1.807, 2.05) is 12.1 Å². The summed E-state index contributed by atoms with van der Waals surface area (Å²) in [4.78, 5) is 14.7. The van der Waals surface area contributed by atoms with Gasteiger partial charge in [-0.1, -0.05) is 48.5 Å². The van der Waals surface area contributed by atoms with Gasteiger partial charge in [-0.25, -0.2) is 0 Å². The molecule has 1 amide bonds. The van der Waals surface area contributed by atoms with Crippen molar-refractivity contribution in [3.63, 3.8) is 0 Å². The predicted molar refractivity (Wildman–Crippen MR) is 99.9 cm³/mol. The van der Waals surface area contributed by atoms with Crippen molar-refractivity contribution in [3.05, 3.63) is 96.1 Å². The molecule has 1 aliphatic heterocycles. The number of nitrogens with zero attached hydrogens (tertiary/aromatic N) is 2. The number of hydrogen-bond donors (Lipinski definition) is 0. The molecule has 0 radical (unpaired) electrons. The van der Waals surface area contributed by atoms with Crippen LogP contribution < -0.4 is 4.90 Å². The lowest BCUT2D eigenvalue weighted by atomic mass is 10.1. The lowest BCUT2D eigenvalue weighted by Gasteiger charge is -2.22. The molecule has 0 aliphatic carbocycles. The third kappa shape index (κ3) is 2.70. The van der Waals surface area contributed by atoms with Crippen LogP contribution in [0.2, 0.25) is 0 Å². The zero-order valence-corrected chi connectivity index (χ0v) is 14.4. The molecular weight excluding hydrogens is 348 g/mol. The van der Waals surface area contributed by atoms with Crippen LogP contribution in [0.3, 0.4) is 0 Å². The number of carbonyl (C=O) groups excluding carboxylic acids is 1. The van der Waals surface area contributed by atoms with Gasteiger partial charge in [0.1, 0.15) is 4.90 Å². The molecule has 1 heterocycles. The molecule has 6 heteroatoms. The average Bonchev–Trinajstić information content (AvgIpc) is 2.95. The van der Waals surface area contributed by atoms with Gasteiger partial charge in [0, 0.05) is 11.1 Å². The summed E-state index contributed by atoms with van der Waals surface area (Å²) in [7, 11) is -3.83. The second-order valence-corrected chi connectivity index (χ2v) is 7.30. The van der Waals surface area contributed by atoms with Gasteiger partial charge in [0.25, 0.3) is 15.9 Å². The fourth-order valence-electron chi connectivity index (χ4n) is 2.87. The van der Waals surface area contributed by atoms with Crippen LogP contribution in [0.4, 0.5) is 5.69 Å². The van der Waals surface area contributed by atoms with Gasteiger partial charge < -0.3 is 0 Å². The van der Waals surface area contributed by atoms with E-state index < -0.39 is 10.0 Å². The first-order valence-electron chi connectivity index (χ1n) is 7.97. The van der Waals surface area contributed by atoms with Gasteiger partial charge in [-0.15, -0.1) is 4.40 Å². The Hall–Kier alpha value is -3.25. The van der Waals surface area contributed by atoms with Gasteiger partial charge in [-0.3, -0.25) is 9.69 Å². The minimum Gasteiger partial charge on any atom is -0.268 e. The molecule has 0 spiro atoms. The standard InChI is InChI=1S/C20H14N2O3S/c23-20(15-9-3-1-4-10-15)22(16-11-5-2-6-12-16)19-17-13-7-8-14-18(17)26(24,25)21-19/h1-14H. The van der Waals surface area contributed by atoms with Gasteiger partial charge in [0.2, 0.25) is 0 Å². The van der Waals surface area contributed by atoms with Crippen LogP contribution in [-0.2, 0) is 10.0 Å². The number of amidine groups is 1. The van der Waals surface area contributed by atoms with Crippen LogP contribution in [0.15, 0.2) is 94.2 Å². The Labute approximate surface area is 151 Å². The first kappa shape index (κ1) is 16.2. The highest BCUT2D eigenvalue weighted by molar-refractivity contribution is 7.90. The van der Waals surface area contributed by atoms with Crippen molar-refractivity contribution < 1.29 is 13.2 Å². The molecule has 5 nitrogen and oxygen atoms in total. The summed E-state index contributed by atoms with van der Waals surface area (Å²) >= 11 is 0. The highest BCUT2D eigenvalue weighted by atomic mass is 32.2. The van der Waals surface area contributed by atoms with Crippen molar-refractivity contribution in [2.75, 3.05) is 4.90 Å². The maximum absolute atomic E-state index is 13.2. The van der Waals surface area contributed by atoms with Gasteiger partial charge in [0.05, 0.1) is 5.69 Å². The van der Waals surface area contributed by atoms with Gasteiger partial charge in [-0.2, -0.15) is 8.42 Å². The second kappa shape index (κ2) is 6.24. The molecule has 3 aromatic rings. The Morgan fingerprint density at radius 1 is 0.769 bits per heavy atom. The fraction of sp³-hybridized carbons (Fsp3) is 0. The van der Waals surface area contributed by atoms with Crippen molar-refractivity contribution in [2.24, 2.45) is 4.40 Å². The van der Waals surface area contributed by atoms with Crippen molar-refractivity contribution in [1.29, 1.82) is 0 Å². The topological polar surface area (TPSA) is 66.8 Å². The van der Waals surface area contributed by atoms with E-state index >= 15 is 0 Å². The van der Waals surface area contributed by atoms with Crippen LogP contribution in [-0.4, -0.2) is 20.2 Å². The smallest absolute Gasteiger partial charge is 0.268 e. The van der Waals surface area contributed by atoms with Crippen molar-refractivity contribution >= 4 is 27.5 Å². The van der Waals surface area contributed by atoms with E-state index in [-0.39, 0.29) is 16.6 Å². The maximum Gasteiger partial charge on any atom is 0.285 e. The molecule has 0 aromatic heterocycles. The van der Waals surface area contributed by atoms with Crippen molar-refractivity contribution in [3.8, 4) is 0 Å². The number of sulfonamides is 1. The fourth-order valence-corrected chi connectivity index (χ4v) is 4.07. The molecular formula is C20H14N2O3S. The molecule has 0 N–H and O–H groups in total. The Balaban J connectivity index is 1.92. The summed E-state index contributed by atoms with van der Waals surface area (Å²) in [5, 5.41) is 0. The molecule has 4 rings (SSSR count). The Bertz CT molecular complexity index is 1110. The molecule has 1 aliphatic rings. The molecule has 0 saturated carbocycles. The zero-order chi connectivity index (χ0) is 18.1. The Kier molecular flexibility index (Phi) is 3.89. The maximum atomic E-state index is 13.2. The highest BCUT2D eigenvalue weighted by Gasteiger charge is 2.35. The van der Waals surface area contributed by atoms with E-state index in [1.54, 1.807) is 66.7 Å². The Morgan fingerprint density at radius 3 is 2.04 bits per heavy atom. The monoisotopic (exact) mass is 362 g/mol. The minimum absolute atomic E-state index is 0.108. The number of para-hydroxylation sites is 1. The number of rotatable bonds is 2. The SMILES string of the molecule is O=C(c1ccccc1)N(C1=NS(=O)(=O)c2ccccc21)c1ccccc1. The predicted octanol–water partition coefficient (Wildman–Crippen LogP) is 3.48. The normalized spacial score (nSPS) is 14.4. The summed E-state index contributed by atoms with van der Waals surface area (Å²) in [5.41, 5.74) is 1.41. The number of fused-ring (bicyclic) bond motifs is 1. The number of anilines is 1. The van der Waals surface area contributed by atoms with Crippen LogP contribution in [0.1, 0.15) is 15.9 Å². The minimum atomic E-state index is -3.83. The van der Waals surface area contributed by atoms with Crippen LogP contribution in [0.5, 0.6) is 0 Å². The summed E-state index contributed by atoms with van der Waals surface area (Å²) in [6, 6.07) is 24.1.